The first-order valence-electron chi connectivity index (χ1n) is 12.5. The molecular weight excluding hydrogens is 504 g/mol. The fraction of sp³-hybridized carbons (Fsp3) is 0. The number of nitrogens with zero attached hydrogens (tertiary/aromatic N) is 3. The van der Waals surface area contributed by atoms with Gasteiger partial charge >= 0.3 is 11.9 Å². The number of aromatic nitrogens is 2. The molecule has 0 unspecified atom stereocenters. The highest BCUT2D eigenvalue weighted by atomic mass is 16.7. The van der Waals surface area contributed by atoms with E-state index in [0.29, 0.717) is 22.2 Å². The number of carbonyl (C=O) groups is 2. The summed E-state index contributed by atoms with van der Waals surface area (Å²) in [5.41, 5.74) is 8.02. The summed E-state index contributed by atoms with van der Waals surface area (Å²) in [5, 5.41) is 4.53. The molecular formula is C32H22N4O4. The monoisotopic (exact) mass is 526 g/mol. The minimum atomic E-state index is -0.547. The van der Waals surface area contributed by atoms with Crippen molar-refractivity contribution in [3.8, 4) is 17.1 Å². The molecule has 0 amide bonds. The molecule has 0 spiro atoms. The number of fused-ring (bicyclic) bond motifs is 2. The highest BCUT2D eigenvalue weighted by Crippen LogP contribution is 2.29. The topological polar surface area (TPSA) is 94.8 Å². The van der Waals surface area contributed by atoms with E-state index in [1.165, 1.54) is 0 Å². The molecule has 1 aliphatic heterocycles. The molecule has 8 heteroatoms. The van der Waals surface area contributed by atoms with Crippen LogP contribution in [0.4, 0.5) is 5.69 Å². The maximum atomic E-state index is 12.4. The van der Waals surface area contributed by atoms with E-state index >= 15 is 0 Å². The molecule has 0 radical (unpaired) electrons. The third-order valence-corrected chi connectivity index (χ3v) is 6.19. The minimum absolute atomic E-state index is 0.409. The van der Waals surface area contributed by atoms with Gasteiger partial charge in [0.25, 0.3) is 0 Å². The van der Waals surface area contributed by atoms with E-state index in [9.17, 15) is 9.59 Å². The van der Waals surface area contributed by atoms with Crippen molar-refractivity contribution in [2.24, 2.45) is 5.16 Å². The first-order valence-corrected chi connectivity index (χ1v) is 12.5. The zero-order chi connectivity index (χ0) is 27.3. The summed E-state index contributed by atoms with van der Waals surface area (Å²) in [5.74, 6) is -1.04. The second-order valence-electron chi connectivity index (χ2n) is 8.85. The fourth-order valence-corrected chi connectivity index (χ4v) is 4.28. The smallest absolute Gasteiger partial charge is 0.338 e. The molecule has 0 saturated heterocycles. The third kappa shape index (κ3) is 5.14. The summed E-state index contributed by atoms with van der Waals surface area (Å²) < 4.78 is 2.03. The van der Waals surface area contributed by atoms with E-state index in [1.807, 2.05) is 71.3 Å². The van der Waals surface area contributed by atoms with Crippen molar-refractivity contribution < 1.29 is 19.3 Å². The van der Waals surface area contributed by atoms with Crippen LogP contribution < -0.4 is 10.8 Å². The maximum Gasteiger partial charge on any atom is 0.365 e. The molecule has 0 aromatic heterocycles. The number of benzene rings is 5. The van der Waals surface area contributed by atoms with Crippen LogP contribution in [-0.2, 0) is 9.68 Å². The quantitative estimate of drug-likeness (QED) is 0.163. The Morgan fingerprint density at radius 1 is 0.700 bits per heavy atom. The molecule has 1 aliphatic carbocycles. The van der Waals surface area contributed by atoms with Crippen LogP contribution in [0.25, 0.3) is 28.1 Å². The lowest BCUT2D eigenvalue weighted by Gasteiger charge is -2.19. The van der Waals surface area contributed by atoms with Crippen molar-refractivity contribution in [2.75, 3.05) is 5.48 Å². The average molecular weight is 527 g/mol. The van der Waals surface area contributed by atoms with Crippen LogP contribution in [0.2, 0.25) is 0 Å². The summed E-state index contributed by atoms with van der Waals surface area (Å²) in [4.78, 5) is 40.2. The van der Waals surface area contributed by atoms with Crippen molar-refractivity contribution in [2.45, 2.75) is 0 Å². The zero-order valence-corrected chi connectivity index (χ0v) is 21.1. The van der Waals surface area contributed by atoms with E-state index in [4.69, 9.17) is 14.7 Å². The summed E-state index contributed by atoms with van der Waals surface area (Å²) in [6, 6.07) is 38.1. The average Bonchev–Trinajstić information content (AvgIpc) is 3.02. The Hall–Kier alpha value is -5.76. The first kappa shape index (κ1) is 24.6. The molecule has 40 heavy (non-hydrogen) atoms. The summed E-state index contributed by atoms with van der Waals surface area (Å²) in [7, 11) is 0. The lowest BCUT2D eigenvalue weighted by molar-refractivity contribution is 0.0497. The summed E-state index contributed by atoms with van der Waals surface area (Å²) in [6.07, 6.45) is 0. The van der Waals surface area contributed by atoms with Gasteiger partial charge in [0.15, 0.2) is 0 Å². The standard InChI is InChI=1S/C32H22N4O4/c37-31(22-10-4-1-5-11-22)39-34-24-16-18-27-29(20-24)36(26-14-8-3-9-15-26)30-21-25(17-19-28(30)33-27)35-40-32(38)23-12-6-2-7-13-23/h1-21,34H/b35-25+. The minimum Gasteiger partial charge on any atom is -0.338 e. The molecule has 0 saturated carbocycles. The molecule has 8 nitrogen and oxygen atoms in total. The molecule has 0 fully saturated rings. The Morgan fingerprint density at radius 2 is 1.35 bits per heavy atom. The highest BCUT2D eigenvalue weighted by molar-refractivity contribution is 5.90. The van der Waals surface area contributed by atoms with Crippen LogP contribution >= 0.6 is 0 Å². The third-order valence-electron chi connectivity index (χ3n) is 6.19. The molecule has 1 N–H and O–H groups in total. The summed E-state index contributed by atoms with van der Waals surface area (Å²) in [6.45, 7) is 0. The number of nitrogens with one attached hydrogen (secondary N) is 1. The molecule has 0 bridgehead atoms. The van der Waals surface area contributed by atoms with Crippen LogP contribution in [0.15, 0.2) is 133 Å². The zero-order valence-electron chi connectivity index (χ0n) is 21.1. The van der Waals surface area contributed by atoms with Gasteiger partial charge in [0, 0.05) is 5.69 Å². The Kier molecular flexibility index (Phi) is 6.71. The van der Waals surface area contributed by atoms with Gasteiger partial charge in [0.05, 0.1) is 39.2 Å². The maximum absolute atomic E-state index is 12.4. The Labute approximate surface area is 229 Å². The van der Waals surface area contributed by atoms with Gasteiger partial charge in [-0.25, -0.2) is 20.1 Å². The second-order valence-corrected chi connectivity index (χ2v) is 8.85. The lowest BCUT2D eigenvalue weighted by atomic mass is 10.1. The van der Waals surface area contributed by atoms with Gasteiger partial charge in [0.1, 0.15) is 5.36 Å². The Morgan fingerprint density at radius 3 is 2.05 bits per heavy atom. The Bertz CT molecular complexity index is 1850. The molecule has 0 atom stereocenters. The number of rotatable bonds is 6. The van der Waals surface area contributed by atoms with Crippen LogP contribution in [0.3, 0.4) is 0 Å². The number of hydrogen-bond donors (Lipinski definition) is 1. The van der Waals surface area contributed by atoms with Gasteiger partial charge in [-0.05, 0) is 72.8 Å². The molecule has 4 aromatic rings. The van der Waals surface area contributed by atoms with Gasteiger partial charge in [-0.15, -0.1) is 0 Å². The molecule has 2 aliphatic rings. The van der Waals surface area contributed by atoms with Gasteiger partial charge in [-0.3, -0.25) is 0 Å². The van der Waals surface area contributed by atoms with Crippen molar-refractivity contribution >= 4 is 28.7 Å². The fourth-order valence-electron chi connectivity index (χ4n) is 4.28. The van der Waals surface area contributed by atoms with E-state index in [1.54, 1.807) is 60.7 Å². The van der Waals surface area contributed by atoms with Crippen LogP contribution in [-0.4, -0.2) is 21.5 Å². The molecule has 194 valence electrons. The second kappa shape index (κ2) is 10.9. The van der Waals surface area contributed by atoms with E-state index in [-0.39, 0.29) is 0 Å². The van der Waals surface area contributed by atoms with Gasteiger partial charge < -0.3 is 14.2 Å². The van der Waals surface area contributed by atoms with Crippen molar-refractivity contribution in [1.82, 2.24) is 9.55 Å². The molecule has 1 heterocycles. The SMILES string of the molecule is O=C(O/N=c1\ccc2nc3ccc(NOC(=O)c4ccccc4)cc3n(-c3ccccc3)c-2c1)c1ccccc1. The first-order chi connectivity index (χ1) is 19.7. The normalized spacial score (nSPS) is 11.3. The number of anilines is 1. The predicted octanol–water partition coefficient (Wildman–Crippen LogP) is 5.99. The molecule has 6 rings (SSSR count). The summed E-state index contributed by atoms with van der Waals surface area (Å²) >= 11 is 0. The lowest BCUT2D eigenvalue weighted by Crippen LogP contribution is -2.13. The Balaban J connectivity index is 1.40. The van der Waals surface area contributed by atoms with Crippen LogP contribution in [0.1, 0.15) is 20.7 Å². The van der Waals surface area contributed by atoms with Gasteiger partial charge in [-0.2, -0.15) is 0 Å². The van der Waals surface area contributed by atoms with Crippen LogP contribution in [0.5, 0.6) is 0 Å². The van der Waals surface area contributed by atoms with Crippen molar-refractivity contribution in [3.05, 3.63) is 144 Å². The van der Waals surface area contributed by atoms with Crippen LogP contribution in [0, 0.1) is 0 Å². The van der Waals surface area contributed by atoms with Gasteiger partial charge in [-0.1, -0.05) is 59.8 Å². The van der Waals surface area contributed by atoms with E-state index in [2.05, 4.69) is 10.6 Å². The predicted molar refractivity (Wildman–Crippen MR) is 151 cm³/mol. The number of para-hydroxylation sites is 1. The largest absolute Gasteiger partial charge is 0.365 e. The number of carbonyl (C=O) groups excluding carboxylic acids is 2. The van der Waals surface area contributed by atoms with Crippen molar-refractivity contribution in [3.63, 3.8) is 0 Å². The van der Waals surface area contributed by atoms with Gasteiger partial charge in [0.2, 0.25) is 0 Å². The highest BCUT2D eigenvalue weighted by Gasteiger charge is 2.16. The molecule has 4 aromatic carbocycles. The number of hydrogen-bond acceptors (Lipinski definition) is 7. The van der Waals surface area contributed by atoms with E-state index < -0.39 is 11.9 Å². The van der Waals surface area contributed by atoms with E-state index in [0.717, 1.165) is 28.1 Å². The van der Waals surface area contributed by atoms with Crippen molar-refractivity contribution in [1.29, 1.82) is 0 Å².